The molecule has 0 bridgehead atoms. The molecule has 1 amide bonds. The average Bonchev–Trinajstić information content (AvgIpc) is 2.15. The van der Waals surface area contributed by atoms with Gasteiger partial charge in [0.05, 0.1) is 6.61 Å². The van der Waals surface area contributed by atoms with Gasteiger partial charge in [0.1, 0.15) is 0 Å². The van der Waals surface area contributed by atoms with Gasteiger partial charge in [-0.25, -0.2) is 0 Å². The van der Waals surface area contributed by atoms with E-state index in [1.165, 1.54) is 6.08 Å². The van der Waals surface area contributed by atoms with E-state index in [9.17, 15) is 4.79 Å². The van der Waals surface area contributed by atoms with Crippen LogP contribution in [0.15, 0.2) is 24.5 Å². The van der Waals surface area contributed by atoms with Gasteiger partial charge < -0.3 is 10.8 Å². The number of nitrogens with two attached hydrogens (primary N) is 1. The first-order valence-electron chi connectivity index (χ1n) is 3.74. The molecule has 0 aliphatic heterocycles. The molecule has 1 heterocycles. The van der Waals surface area contributed by atoms with Crippen LogP contribution >= 0.6 is 0 Å². The number of nitrogens with zero attached hydrogens (tertiary/aromatic N) is 1. The van der Waals surface area contributed by atoms with E-state index in [4.69, 9.17) is 10.8 Å². The second-order valence-corrected chi connectivity index (χ2v) is 2.52. The second-order valence-electron chi connectivity index (χ2n) is 2.52. The van der Waals surface area contributed by atoms with E-state index in [2.05, 4.69) is 4.98 Å². The van der Waals surface area contributed by atoms with Gasteiger partial charge in [-0.05, 0) is 23.3 Å². The minimum atomic E-state index is -0.505. The maximum atomic E-state index is 10.4. The number of pyridine rings is 1. The van der Waals surface area contributed by atoms with E-state index in [0.717, 1.165) is 5.56 Å². The number of aromatic nitrogens is 1. The van der Waals surface area contributed by atoms with Crippen molar-refractivity contribution in [1.29, 1.82) is 0 Å². The summed E-state index contributed by atoms with van der Waals surface area (Å²) in [7, 11) is 0. The SMILES string of the molecule is NC(=O)C=Cc1cncc(CO)c1. The molecule has 0 aromatic carbocycles. The summed E-state index contributed by atoms with van der Waals surface area (Å²) < 4.78 is 0. The molecule has 4 heteroatoms. The van der Waals surface area contributed by atoms with Gasteiger partial charge in [0, 0.05) is 18.5 Å². The summed E-state index contributed by atoms with van der Waals surface area (Å²) in [5.74, 6) is -0.505. The molecule has 0 saturated carbocycles. The summed E-state index contributed by atoms with van der Waals surface area (Å²) in [5, 5.41) is 8.78. The molecule has 1 aromatic heterocycles. The van der Waals surface area contributed by atoms with Crippen LogP contribution in [0.1, 0.15) is 11.1 Å². The minimum absolute atomic E-state index is 0.0642. The fourth-order valence-corrected chi connectivity index (χ4v) is 0.864. The highest BCUT2D eigenvalue weighted by Gasteiger charge is 1.92. The van der Waals surface area contributed by atoms with Crippen LogP contribution in [0.5, 0.6) is 0 Å². The van der Waals surface area contributed by atoms with Crippen molar-refractivity contribution >= 4 is 12.0 Å². The third kappa shape index (κ3) is 3.04. The molecule has 68 valence electrons. The number of primary amides is 1. The Kier molecular flexibility index (Phi) is 3.16. The Morgan fingerprint density at radius 2 is 2.38 bits per heavy atom. The number of amides is 1. The molecule has 1 rings (SSSR count). The highest BCUT2D eigenvalue weighted by molar-refractivity contribution is 5.90. The predicted molar refractivity (Wildman–Crippen MR) is 48.4 cm³/mol. The number of aliphatic hydroxyl groups excluding tert-OH is 1. The van der Waals surface area contributed by atoms with Crippen molar-refractivity contribution in [2.24, 2.45) is 5.73 Å². The van der Waals surface area contributed by atoms with Gasteiger partial charge in [0.2, 0.25) is 5.91 Å². The maximum Gasteiger partial charge on any atom is 0.241 e. The Bertz CT molecular complexity index is 334. The Balaban J connectivity index is 2.83. The number of carbonyl (C=O) groups excluding carboxylic acids is 1. The lowest BCUT2D eigenvalue weighted by Gasteiger charge is -1.96. The Labute approximate surface area is 75.7 Å². The first kappa shape index (κ1) is 9.41. The van der Waals surface area contributed by atoms with E-state index in [1.807, 2.05) is 0 Å². The van der Waals surface area contributed by atoms with Gasteiger partial charge in [0.15, 0.2) is 0 Å². The van der Waals surface area contributed by atoms with E-state index in [0.29, 0.717) is 5.56 Å². The fraction of sp³-hybridized carbons (Fsp3) is 0.111. The minimum Gasteiger partial charge on any atom is -0.392 e. The van der Waals surface area contributed by atoms with Crippen LogP contribution in [0.4, 0.5) is 0 Å². The zero-order chi connectivity index (χ0) is 9.68. The monoisotopic (exact) mass is 178 g/mol. The maximum absolute atomic E-state index is 10.4. The molecule has 1 aromatic rings. The van der Waals surface area contributed by atoms with Crippen LogP contribution in [0, 0.1) is 0 Å². The standard InChI is InChI=1S/C9H10N2O2/c10-9(13)2-1-7-3-8(6-12)5-11-4-7/h1-5,12H,6H2,(H2,10,13). The van der Waals surface area contributed by atoms with Crippen LogP contribution in [-0.4, -0.2) is 16.0 Å². The summed E-state index contributed by atoms with van der Waals surface area (Å²) in [5.41, 5.74) is 6.36. The van der Waals surface area contributed by atoms with Crippen molar-refractivity contribution in [2.75, 3.05) is 0 Å². The molecule has 3 N–H and O–H groups in total. The molecular formula is C9H10N2O2. The number of carbonyl (C=O) groups is 1. The molecular weight excluding hydrogens is 168 g/mol. The van der Waals surface area contributed by atoms with Crippen LogP contribution in [-0.2, 0) is 11.4 Å². The number of hydrogen-bond acceptors (Lipinski definition) is 3. The summed E-state index contributed by atoms with van der Waals surface area (Å²) in [6, 6.07) is 1.73. The number of aliphatic hydroxyl groups is 1. The highest BCUT2D eigenvalue weighted by atomic mass is 16.3. The van der Waals surface area contributed by atoms with Gasteiger partial charge >= 0.3 is 0 Å². The Morgan fingerprint density at radius 3 is 3.00 bits per heavy atom. The predicted octanol–water partition coefficient (Wildman–Crippen LogP) is 0.0724. The average molecular weight is 178 g/mol. The number of rotatable bonds is 3. The van der Waals surface area contributed by atoms with Gasteiger partial charge in [-0.1, -0.05) is 0 Å². The summed E-state index contributed by atoms with van der Waals surface area (Å²) >= 11 is 0. The Hall–Kier alpha value is -1.68. The van der Waals surface area contributed by atoms with Crippen molar-refractivity contribution in [3.63, 3.8) is 0 Å². The molecule has 0 spiro atoms. The quantitative estimate of drug-likeness (QED) is 0.643. The van der Waals surface area contributed by atoms with Gasteiger partial charge in [-0.2, -0.15) is 0 Å². The molecule has 0 atom stereocenters. The van der Waals surface area contributed by atoms with Crippen molar-refractivity contribution < 1.29 is 9.90 Å². The molecule has 0 fully saturated rings. The summed E-state index contributed by atoms with van der Waals surface area (Å²) in [4.78, 5) is 14.3. The van der Waals surface area contributed by atoms with Crippen LogP contribution in [0.3, 0.4) is 0 Å². The second kappa shape index (κ2) is 4.37. The molecule has 4 nitrogen and oxygen atoms in total. The van der Waals surface area contributed by atoms with Crippen LogP contribution in [0.25, 0.3) is 6.08 Å². The lowest BCUT2D eigenvalue weighted by Crippen LogP contribution is -2.05. The van der Waals surface area contributed by atoms with E-state index < -0.39 is 5.91 Å². The smallest absolute Gasteiger partial charge is 0.241 e. The molecule has 0 unspecified atom stereocenters. The topological polar surface area (TPSA) is 76.2 Å². The summed E-state index contributed by atoms with van der Waals surface area (Å²) in [6.45, 7) is -0.0642. The molecule has 0 radical (unpaired) electrons. The zero-order valence-corrected chi connectivity index (χ0v) is 6.97. The third-order valence-corrected chi connectivity index (χ3v) is 1.44. The summed E-state index contributed by atoms with van der Waals surface area (Å²) in [6.07, 6.45) is 5.94. The van der Waals surface area contributed by atoms with Crippen LogP contribution in [0.2, 0.25) is 0 Å². The van der Waals surface area contributed by atoms with Gasteiger partial charge in [-0.15, -0.1) is 0 Å². The van der Waals surface area contributed by atoms with E-state index in [1.54, 1.807) is 24.5 Å². The van der Waals surface area contributed by atoms with E-state index in [-0.39, 0.29) is 6.61 Å². The third-order valence-electron chi connectivity index (χ3n) is 1.44. The highest BCUT2D eigenvalue weighted by Crippen LogP contribution is 2.04. The number of hydrogen-bond donors (Lipinski definition) is 2. The Morgan fingerprint density at radius 1 is 1.62 bits per heavy atom. The molecule has 0 saturated heterocycles. The largest absolute Gasteiger partial charge is 0.392 e. The van der Waals surface area contributed by atoms with Crippen molar-refractivity contribution in [3.05, 3.63) is 35.7 Å². The van der Waals surface area contributed by atoms with Gasteiger partial charge in [-0.3, -0.25) is 9.78 Å². The van der Waals surface area contributed by atoms with Gasteiger partial charge in [0.25, 0.3) is 0 Å². The molecule has 13 heavy (non-hydrogen) atoms. The lowest BCUT2D eigenvalue weighted by atomic mass is 10.2. The molecule has 0 aliphatic rings. The lowest BCUT2D eigenvalue weighted by molar-refractivity contribution is -0.113. The van der Waals surface area contributed by atoms with Crippen molar-refractivity contribution in [2.45, 2.75) is 6.61 Å². The first-order chi connectivity index (χ1) is 6.22. The fourth-order valence-electron chi connectivity index (χ4n) is 0.864. The zero-order valence-electron chi connectivity index (χ0n) is 6.97. The van der Waals surface area contributed by atoms with Crippen molar-refractivity contribution in [1.82, 2.24) is 4.98 Å². The first-order valence-corrected chi connectivity index (χ1v) is 3.74. The van der Waals surface area contributed by atoms with Crippen molar-refractivity contribution in [3.8, 4) is 0 Å². The van der Waals surface area contributed by atoms with E-state index >= 15 is 0 Å². The normalized spacial score (nSPS) is 10.5. The molecule has 0 aliphatic carbocycles. The van der Waals surface area contributed by atoms with Crippen LogP contribution < -0.4 is 5.73 Å².